The number of rotatable bonds is 13. The van der Waals surface area contributed by atoms with Crippen LogP contribution >= 0.6 is 0 Å². The first-order valence-corrected chi connectivity index (χ1v) is 9.85. The van der Waals surface area contributed by atoms with E-state index in [9.17, 15) is 14.4 Å². The number of nitrogens with zero attached hydrogens (tertiary/aromatic N) is 1. The number of carbonyl (C=O) groups is 2. The van der Waals surface area contributed by atoms with Crippen LogP contribution in [0.25, 0.3) is 0 Å². The highest BCUT2D eigenvalue weighted by Crippen LogP contribution is 2.13. The lowest BCUT2D eigenvalue weighted by Crippen LogP contribution is -2.52. The molecule has 0 bridgehead atoms. The zero-order chi connectivity index (χ0) is 22.4. The summed E-state index contributed by atoms with van der Waals surface area (Å²) >= 11 is 0. The van der Waals surface area contributed by atoms with Crippen LogP contribution in [-0.4, -0.2) is 54.3 Å². The summed E-state index contributed by atoms with van der Waals surface area (Å²) < 4.78 is 5.26. The van der Waals surface area contributed by atoms with Gasteiger partial charge in [-0.2, -0.15) is 0 Å². The largest absolute Gasteiger partial charge is 0.444 e. The van der Waals surface area contributed by atoms with Gasteiger partial charge in [-0.05, 0) is 44.2 Å². The highest BCUT2D eigenvalue weighted by atomic mass is 16.6. The van der Waals surface area contributed by atoms with Crippen LogP contribution in [0.1, 0.15) is 37.7 Å². The van der Waals surface area contributed by atoms with Crippen LogP contribution in [-0.2, 0) is 20.9 Å². The maximum Gasteiger partial charge on any atom is 0.417 e. The number of nitrogens with two attached hydrogens (primary N) is 3. The molecular weight excluding hydrogens is 388 g/mol. The van der Waals surface area contributed by atoms with Crippen LogP contribution in [0.4, 0.5) is 4.79 Å². The van der Waals surface area contributed by atoms with Gasteiger partial charge in [0, 0.05) is 6.54 Å². The fourth-order valence-corrected chi connectivity index (χ4v) is 2.73. The van der Waals surface area contributed by atoms with Gasteiger partial charge in [-0.1, -0.05) is 30.3 Å². The summed E-state index contributed by atoms with van der Waals surface area (Å²) in [6.45, 7) is 0.741. The molecule has 10 nitrogen and oxygen atoms in total. The SMILES string of the molecule is N=C(N)NCCC[C@H](N)C(=O)N(C(=O)OCc1ccccc1)[C@H]([C]=O)CCCCN. The third-order valence-electron chi connectivity index (χ3n) is 4.34. The van der Waals surface area contributed by atoms with Crippen molar-refractivity contribution in [2.75, 3.05) is 13.1 Å². The second-order valence-electron chi connectivity index (χ2n) is 6.76. The number of guanidine groups is 1. The molecule has 2 atom stereocenters. The molecule has 1 rings (SSSR count). The molecule has 30 heavy (non-hydrogen) atoms. The lowest BCUT2D eigenvalue weighted by molar-refractivity contribution is -0.132. The van der Waals surface area contributed by atoms with Crippen molar-refractivity contribution in [2.45, 2.75) is 50.8 Å². The van der Waals surface area contributed by atoms with Crippen molar-refractivity contribution in [2.24, 2.45) is 17.2 Å². The molecule has 165 valence electrons. The van der Waals surface area contributed by atoms with Crippen LogP contribution in [0.5, 0.6) is 0 Å². The minimum absolute atomic E-state index is 0.0460. The van der Waals surface area contributed by atoms with Crippen molar-refractivity contribution >= 4 is 24.2 Å². The Hall–Kier alpha value is -2.98. The standard InChI is InChI=1S/C20H31N6O4/c21-11-5-4-9-16(13-27)26(18(28)17(22)10-6-12-25-19(23)24)20(29)30-14-15-7-2-1-3-8-15/h1-3,7-8,16-17H,4-6,9-12,14,21-22H2,(H4,23,24,25)/t16-,17-/m0/s1. The monoisotopic (exact) mass is 419 g/mol. The summed E-state index contributed by atoms with van der Waals surface area (Å²) in [6.07, 6.45) is 2.91. The molecular formula is C20H31N6O4. The summed E-state index contributed by atoms with van der Waals surface area (Å²) in [5, 5.41) is 9.73. The van der Waals surface area contributed by atoms with E-state index < -0.39 is 24.1 Å². The summed E-state index contributed by atoms with van der Waals surface area (Å²) in [5.74, 6) is -0.895. The fourth-order valence-electron chi connectivity index (χ4n) is 2.73. The van der Waals surface area contributed by atoms with E-state index in [4.69, 9.17) is 27.3 Å². The number of unbranched alkanes of at least 4 members (excludes halogenated alkanes) is 1. The summed E-state index contributed by atoms with van der Waals surface area (Å²) in [5.41, 5.74) is 17.4. The number of imide groups is 1. The van der Waals surface area contributed by atoms with Crippen LogP contribution in [0.15, 0.2) is 30.3 Å². The van der Waals surface area contributed by atoms with Gasteiger partial charge in [0.1, 0.15) is 12.6 Å². The van der Waals surface area contributed by atoms with E-state index >= 15 is 0 Å². The lowest BCUT2D eigenvalue weighted by Gasteiger charge is -2.27. The minimum atomic E-state index is -1.10. The van der Waals surface area contributed by atoms with Gasteiger partial charge in [0.25, 0.3) is 0 Å². The van der Waals surface area contributed by atoms with Crippen LogP contribution in [0.2, 0.25) is 0 Å². The predicted molar refractivity (Wildman–Crippen MR) is 113 cm³/mol. The quantitative estimate of drug-likeness (QED) is 0.173. The molecule has 0 aromatic heterocycles. The molecule has 0 aliphatic heterocycles. The van der Waals surface area contributed by atoms with Gasteiger partial charge in [-0.3, -0.25) is 15.0 Å². The van der Waals surface area contributed by atoms with Gasteiger partial charge in [0.15, 0.2) is 5.96 Å². The second-order valence-corrected chi connectivity index (χ2v) is 6.76. The molecule has 0 unspecified atom stereocenters. The molecule has 1 aromatic carbocycles. The molecule has 0 heterocycles. The molecule has 0 aliphatic carbocycles. The number of benzene rings is 1. The van der Waals surface area contributed by atoms with E-state index in [2.05, 4.69) is 5.32 Å². The van der Waals surface area contributed by atoms with Crippen molar-refractivity contribution in [1.82, 2.24) is 10.2 Å². The van der Waals surface area contributed by atoms with E-state index in [1.807, 2.05) is 6.07 Å². The van der Waals surface area contributed by atoms with E-state index in [1.165, 1.54) is 0 Å². The highest BCUT2D eigenvalue weighted by Gasteiger charge is 2.34. The average Bonchev–Trinajstić information content (AvgIpc) is 2.74. The number of amides is 2. The molecule has 1 aromatic rings. The normalized spacial score (nSPS) is 12.5. The number of nitrogens with one attached hydrogen (secondary N) is 2. The van der Waals surface area contributed by atoms with Gasteiger partial charge in [0.2, 0.25) is 12.2 Å². The first kappa shape index (κ1) is 25.1. The Morgan fingerprint density at radius 2 is 1.87 bits per heavy atom. The summed E-state index contributed by atoms with van der Waals surface area (Å²) in [4.78, 5) is 37.8. The molecule has 8 N–H and O–H groups in total. The lowest BCUT2D eigenvalue weighted by atomic mass is 10.1. The summed E-state index contributed by atoms with van der Waals surface area (Å²) in [6, 6.07) is 6.85. The van der Waals surface area contributed by atoms with Crippen molar-refractivity contribution in [3.63, 3.8) is 0 Å². The van der Waals surface area contributed by atoms with Crippen LogP contribution < -0.4 is 22.5 Å². The maximum atomic E-state index is 12.9. The number of hydrogen-bond donors (Lipinski definition) is 5. The second kappa shape index (κ2) is 14.1. The Bertz CT molecular complexity index is 685. The molecule has 10 heteroatoms. The van der Waals surface area contributed by atoms with Gasteiger partial charge >= 0.3 is 6.09 Å². The Morgan fingerprint density at radius 1 is 1.17 bits per heavy atom. The van der Waals surface area contributed by atoms with Gasteiger partial charge < -0.3 is 27.3 Å². The smallest absolute Gasteiger partial charge is 0.417 e. The van der Waals surface area contributed by atoms with Crippen molar-refractivity contribution < 1.29 is 19.1 Å². The van der Waals surface area contributed by atoms with Gasteiger partial charge in [-0.15, -0.1) is 0 Å². The topological polar surface area (TPSA) is 178 Å². The van der Waals surface area contributed by atoms with E-state index in [0.29, 0.717) is 32.4 Å². The maximum absolute atomic E-state index is 12.9. The van der Waals surface area contributed by atoms with Crippen molar-refractivity contribution in [1.29, 1.82) is 5.41 Å². The third-order valence-corrected chi connectivity index (χ3v) is 4.34. The Balaban J connectivity index is 2.83. The average molecular weight is 420 g/mol. The van der Waals surface area contributed by atoms with E-state index in [0.717, 1.165) is 10.5 Å². The zero-order valence-electron chi connectivity index (χ0n) is 17.0. The molecule has 0 saturated heterocycles. The summed E-state index contributed by atoms with van der Waals surface area (Å²) in [7, 11) is 0. The van der Waals surface area contributed by atoms with E-state index in [1.54, 1.807) is 30.6 Å². The Morgan fingerprint density at radius 3 is 2.47 bits per heavy atom. The Kier molecular flexibility index (Phi) is 11.8. The predicted octanol–water partition coefficient (Wildman–Crippen LogP) is 0.350. The first-order valence-electron chi connectivity index (χ1n) is 9.85. The highest BCUT2D eigenvalue weighted by molar-refractivity contribution is 5.97. The van der Waals surface area contributed by atoms with Crippen molar-refractivity contribution in [3.8, 4) is 0 Å². The van der Waals surface area contributed by atoms with Gasteiger partial charge in [0.05, 0.1) is 6.04 Å². The molecule has 0 spiro atoms. The number of hydrogen-bond acceptors (Lipinski definition) is 7. The molecule has 0 saturated carbocycles. The van der Waals surface area contributed by atoms with E-state index in [-0.39, 0.29) is 25.4 Å². The first-order chi connectivity index (χ1) is 14.4. The zero-order valence-corrected chi connectivity index (χ0v) is 17.0. The minimum Gasteiger partial charge on any atom is -0.444 e. The molecule has 0 aliphatic rings. The molecule has 1 radical (unpaired) electrons. The molecule has 2 amide bonds. The van der Waals surface area contributed by atoms with Crippen LogP contribution in [0.3, 0.4) is 0 Å². The third kappa shape index (κ3) is 9.01. The fraction of sp³-hybridized carbons (Fsp3) is 0.500. The Labute approximate surface area is 176 Å². The number of ether oxygens (including phenoxy) is 1. The number of carbonyl (C=O) groups excluding carboxylic acids is 3. The van der Waals surface area contributed by atoms with Crippen LogP contribution in [0, 0.1) is 5.41 Å². The van der Waals surface area contributed by atoms with Crippen molar-refractivity contribution in [3.05, 3.63) is 35.9 Å². The molecule has 0 fully saturated rings. The van der Waals surface area contributed by atoms with Gasteiger partial charge in [-0.25, -0.2) is 9.69 Å².